The molecule has 3 rings (SSSR count). The highest BCUT2D eigenvalue weighted by Gasteiger charge is 2.36. The number of aromatic amines is 1. The van der Waals surface area contributed by atoms with Gasteiger partial charge in [-0.3, -0.25) is 5.10 Å². The van der Waals surface area contributed by atoms with E-state index in [1.165, 1.54) is 0 Å². The Bertz CT molecular complexity index is 502. The maximum absolute atomic E-state index is 5.96. The topological polar surface area (TPSA) is 76.8 Å². The molecule has 0 aliphatic carbocycles. The molecule has 0 spiro atoms. The number of hydrogen-bond donors (Lipinski definition) is 2. The quantitative estimate of drug-likeness (QED) is 0.881. The fraction of sp³-hybridized carbons (Fsp3) is 0.500. The Morgan fingerprint density at radius 2 is 2.28 bits per heavy atom. The SMILES string of the molecule is NCC1(c2nc(-c3cccs3)n[nH]2)CCOCC1. The standard InChI is InChI=1S/C12H16N4OS/c13-8-12(3-5-17-6-4-12)11-14-10(15-16-11)9-2-1-7-18-9/h1-2,7H,3-6,8,13H2,(H,14,15,16). The molecule has 0 saturated carbocycles. The van der Waals surface area contributed by atoms with Crippen LogP contribution in [0, 0.1) is 0 Å². The van der Waals surface area contributed by atoms with Gasteiger partial charge >= 0.3 is 0 Å². The summed E-state index contributed by atoms with van der Waals surface area (Å²) < 4.78 is 5.41. The van der Waals surface area contributed by atoms with Crippen molar-refractivity contribution in [2.75, 3.05) is 19.8 Å². The van der Waals surface area contributed by atoms with Crippen LogP contribution >= 0.6 is 11.3 Å². The number of nitrogens with one attached hydrogen (secondary N) is 1. The molecule has 0 bridgehead atoms. The minimum absolute atomic E-state index is 0.0965. The molecule has 1 aliphatic rings. The van der Waals surface area contributed by atoms with Gasteiger partial charge in [-0.2, -0.15) is 5.10 Å². The molecule has 0 atom stereocenters. The summed E-state index contributed by atoms with van der Waals surface area (Å²) in [5, 5.41) is 9.40. The van der Waals surface area contributed by atoms with Crippen LogP contribution in [-0.4, -0.2) is 34.9 Å². The van der Waals surface area contributed by atoms with Gasteiger partial charge in [0.1, 0.15) is 5.82 Å². The smallest absolute Gasteiger partial charge is 0.191 e. The van der Waals surface area contributed by atoms with Crippen LogP contribution in [0.25, 0.3) is 10.7 Å². The van der Waals surface area contributed by atoms with E-state index in [9.17, 15) is 0 Å². The van der Waals surface area contributed by atoms with Gasteiger partial charge in [-0.05, 0) is 24.3 Å². The fourth-order valence-corrected chi connectivity index (χ4v) is 2.97. The lowest BCUT2D eigenvalue weighted by atomic mass is 9.79. The Morgan fingerprint density at radius 1 is 1.44 bits per heavy atom. The lowest BCUT2D eigenvalue weighted by molar-refractivity contribution is 0.0501. The van der Waals surface area contributed by atoms with Crippen LogP contribution < -0.4 is 5.73 Å². The molecular formula is C12H16N4OS. The summed E-state index contributed by atoms with van der Waals surface area (Å²) in [6.07, 6.45) is 1.81. The molecule has 1 aliphatic heterocycles. The largest absolute Gasteiger partial charge is 0.381 e. The van der Waals surface area contributed by atoms with Crippen molar-refractivity contribution in [3.8, 4) is 10.7 Å². The maximum Gasteiger partial charge on any atom is 0.191 e. The summed E-state index contributed by atoms with van der Waals surface area (Å²) in [6.45, 7) is 2.06. The third-order valence-electron chi connectivity index (χ3n) is 3.57. The Morgan fingerprint density at radius 3 is 2.94 bits per heavy atom. The second kappa shape index (κ2) is 4.79. The third-order valence-corrected chi connectivity index (χ3v) is 4.44. The van der Waals surface area contributed by atoms with Gasteiger partial charge in [0.25, 0.3) is 0 Å². The van der Waals surface area contributed by atoms with Crippen LogP contribution in [0.3, 0.4) is 0 Å². The van der Waals surface area contributed by atoms with Crippen molar-refractivity contribution >= 4 is 11.3 Å². The first-order valence-electron chi connectivity index (χ1n) is 6.09. The van der Waals surface area contributed by atoms with Gasteiger partial charge in [-0.1, -0.05) is 6.07 Å². The molecule has 18 heavy (non-hydrogen) atoms. The van der Waals surface area contributed by atoms with Crippen molar-refractivity contribution in [1.82, 2.24) is 15.2 Å². The zero-order valence-corrected chi connectivity index (χ0v) is 10.9. The predicted molar refractivity (Wildman–Crippen MR) is 70.5 cm³/mol. The summed E-state index contributed by atoms with van der Waals surface area (Å²) >= 11 is 1.64. The van der Waals surface area contributed by atoms with Gasteiger partial charge in [-0.25, -0.2) is 4.98 Å². The molecule has 0 aromatic carbocycles. The number of thiophene rings is 1. The highest BCUT2D eigenvalue weighted by atomic mass is 32.1. The molecule has 1 fully saturated rings. The third kappa shape index (κ3) is 1.96. The minimum Gasteiger partial charge on any atom is -0.381 e. The molecule has 0 amide bonds. The molecular weight excluding hydrogens is 248 g/mol. The van der Waals surface area contributed by atoms with Crippen molar-refractivity contribution in [3.05, 3.63) is 23.3 Å². The molecule has 2 aromatic rings. The van der Waals surface area contributed by atoms with Crippen molar-refractivity contribution in [1.29, 1.82) is 0 Å². The van der Waals surface area contributed by atoms with Crippen molar-refractivity contribution in [3.63, 3.8) is 0 Å². The molecule has 5 nitrogen and oxygen atoms in total. The predicted octanol–water partition coefficient (Wildman–Crippen LogP) is 1.54. The van der Waals surface area contributed by atoms with E-state index in [0.29, 0.717) is 6.54 Å². The molecule has 0 radical (unpaired) electrons. The molecule has 6 heteroatoms. The summed E-state index contributed by atoms with van der Waals surface area (Å²) in [6, 6.07) is 4.03. The van der Waals surface area contributed by atoms with Gasteiger partial charge in [-0.15, -0.1) is 11.3 Å². The maximum atomic E-state index is 5.96. The number of nitrogens with two attached hydrogens (primary N) is 1. The minimum atomic E-state index is -0.0965. The first kappa shape index (κ1) is 11.8. The molecule has 1 saturated heterocycles. The van der Waals surface area contributed by atoms with Gasteiger partial charge < -0.3 is 10.5 Å². The number of hydrogen-bond acceptors (Lipinski definition) is 5. The Hall–Kier alpha value is -1.24. The van der Waals surface area contributed by atoms with Gasteiger partial charge in [0.05, 0.1) is 4.88 Å². The summed E-state index contributed by atoms with van der Waals surface area (Å²) in [7, 11) is 0. The summed E-state index contributed by atoms with van der Waals surface area (Å²) in [5.41, 5.74) is 5.86. The monoisotopic (exact) mass is 264 g/mol. The normalized spacial score (nSPS) is 18.9. The number of aromatic nitrogens is 3. The average molecular weight is 264 g/mol. The van der Waals surface area contributed by atoms with E-state index in [1.54, 1.807) is 11.3 Å². The Kier molecular flexibility index (Phi) is 3.15. The van der Waals surface area contributed by atoms with E-state index in [2.05, 4.69) is 15.2 Å². The lowest BCUT2D eigenvalue weighted by Crippen LogP contribution is -2.41. The zero-order valence-electron chi connectivity index (χ0n) is 10.1. The van der Waals surface area contributed by atoms with Gasteiger partial charge in [0.2, 0.25) is 0 Å². The molecule has 3 N–H and O–H groups in total. The van der Waals surface area contributed by atoms with Crippen molar-refractivity contribution < 1.29 is 4.74 Å². The zero-order chi connectivity index (χ0) is 12.4. The Balaban J connectivity index is 1.92. The first-order valence-corrected chi connectivity index (χ1v) is 6.97. The van der Waals surface area contributed by atoms with E-state index < -0.39 is 0 Å². The number of ether oxygens (including phenoxy) is 1. The lowest BCUT2D eigenvalue weighted by Gasteiger charge is -2.33. The van der Waals surface area contributed by atoms with Crippen LogP contribution in [0.5, 0.6) is 0 Å². The molecule has 96 valence electrons. The van der Waals surface area contributed by atoms with Crippen LogP contribution in [0.4, 0.5) is 0 Å². The number of nitrogens with zero attached hydrogens (tertiary/aromatic N) is 2. The second-order valence-corrected chi connectivity index (χ2v) is 5.53. The van der Waals surface area contributed by atoms with Crippen molar-refractivity contribution in [2.45, 2.75) is 18.3 Å². The second-order valence-electron chi connectivity index (χ2n) is 4.58. The van der Waals surface area contributed by atoms with Crippen LogP contribution in [0.2, 0.25) is 0 Å². The number of rotatable bonds is 3. The summed E-state index contributed by atoms with van der Waals surface area (Å²) in [5.74, 6) is 1.66. The number of H-pyrrole nitrogens is 1. The molecule has 2 aromatic heterocycles. The van der Waals surface area contributed by atoms with E-state index in [0.717, 1.165) is 42.6 Å². The van der Waals surface area contributed by atoms with E-state index >= 15 is 0 Å². The average Bonchev–Trinajstić information content (AvgIpc) is 3.10. The highest BCUT2D eigenvalue weighted by molar-refractivity contribution is 7.13. The Labute approximate surface area is 109 Å². The highest BCUT2D eigenvalue weighted by Crippen LogP contribution is 2.32. The van der Waals surface area contributed by atoms with Crippen LogP contribution in [-0.2, 0) is 10.2 Å². The molecule has 3 heterocycles. The van der Waals surface area contributed by atoms with Crippen molar-refractivity contribution in [2.24, 2.45) is 5.73 Å². The molecule has 0 unspecified atom stereocenters. The van der Waals surface area contributed by atoms with Crippen LogP contribution in [0.1, 0.15) is 18.7 Å². The van der Waals surface area contributed by atoms with Crippen LogP contribution in [0.15, 0.2) is 17.5 Å². The van der Waals surface area contributed by atoms with E-state index in [1.807, 2.05) is 17.5 Å². The van der Waals surface area contributed by atoms with E-state index in [4.69, 9.17) is 10.5 Å². The van der Waals surface area contributed by atoms with E-state index in [-0.39, 0.29) is 5.41 Å². The first-order chi connectivity index (χ1) is 8.84. The summed E-state index contributed by atoms with van der Waals surface area (Å²) in [4.78, 5) is 5.71. The van der Waals surface area contributed by atoms with Gasteiger partial charge in [0.15, 0.2) is 5.82 Å². The fourth-order valence-electron chi connectivity index (χ4n) is 2.31. The van der Waals surface area contributed by atoms with Gasteiger partial charge in [0, 0.05) is 25.2 Å².